The molecule has 4 nitrogen and oxygen atoms in total. The lowest BCUT2D eigenvalue weighted by molar-refractivity contribution is -0.141. The van der Waals surface area contributed by atoms with Crippen LogP contribution >= 0.6 is 11.8 Å². The highest BCUT2D eigenvalue weighted by molar-refractivity contribution is 7.98. The first-order chi connectivity index (χ1) is 15.7. The average molecular weight is 453 g/mol. The molecule has 1 aliphatic carbocycles. The molecule has 0 bridgehead atoms. The lowest BCUT2D eigenvalue weighted by Crippen LogP contribution is -2.51. The molecule has 0 unspecified atom stereocenters. The van der Waals surface area contributed by atoms with E-state index in [9.17, 15) is 9.59 Å². The van der Waals surface area contributed by atoms with Crippen molar-refractivity contribution in [2.75, 3.05) is 5.75 Å². The maximum absolute atomic E-state index is 13.3. The van der Waals surface area contributed by atoms with Crippen LogP contribution in [0.3, 0.4) is 0 Å². The van der Waals surface area contributed by atoms with Gasteiger partial charge in [0.1, 0.15) is 6.04 Å². The number of amides is 2. The van der Waals surface area contributed by atoms with Crippen LogP contribution in [0.25, 0.3) is 0 Å². The normalized spacial score (nSPS) is 15.2. The summed E-state index contributed by atoms with van der Waals surface area (Å²) in [7, 11) is 0. The van der Waals surface area contributed by atoms with Crippen LogP contribution < -0.4 is 5.32 Å². The van der Waals surface area contributed by atoms with Crippen molar-refractivity contribution in [1.29, 1.82) is 0 Å². The highest BCUT2D eigenvalue weighted by Crippen LogP contribution is 2.20. The van der Waals surface area contributed by atoms with E-state index >= 15 is 0 Å². The number of carbonyl (C=O) groups excluding carboxylic acids is 2. The summed E-state index contributed by atoms with van der Waals surface area (Å²) in [6.07, 6.45) is 6.75. The fraction of sp³-hybridized carbons (Fsp3) is 0.481. The predicted octanol–water partition coefficient (Wildman–Crippen LogP) is 5.57. The van der Waals surface area contributed by atoms with Gasteiger partial charge in [0.2, 0.25) is 11.8 Å². The largest absolute Gasteiger partial charge is 0.352 e. The maximum Gasteiger partial charge on any atom is 0.243 e. The first-order valence-corrected chi connectivity index (χ1v) is 13.1. The summed E-state index contributed by atoms with van der Waals surface area (Å²) in [6.45, 7) is 2.47. The van der Waals surface area contributed by atoms with Crippen LogP contribution in [-0.4, -0.2) is 34.6 Å². The second-order valence-electron chi connectivity index (χ2n) is 8.56. The van der Waals surface area contributed by atoms with Crippen molar-refractivity contribution in [2.45, 2.75) is 76.3 Å². The van der Waals surface area contributed by atoms with E-state index in [0.717, 1.165) is 29.9 Å². The van der Waals surface area contributed by atoms with Crippen molar-refractivity contribution < 1.29 is 9.59 Å². The quantitative estimate of drug-likeness (QED) is 0.454. The summed E-state index contributed by atoms with van der Waals surface area (Å²) >= 11 is 1.77. The highest BCUT2D eigenvalue weighted by atomic mass is 32.2. The SMILES string of the molecule is CC[C@@H](C(=O)NC1CCCCC1)N(Cc1ccccc1)C(=O)CCSCc1ccccc1. The molecule has 0 aromatic heterocycles. The molecule has 1 aliphatic rings. The van der Waals surface area contributed by atoms with E-state index in [2.05, 4.69) is 17.4 Å². The third-order valence-electron chi connectivity index (χ3n) is 6.11. The molecule has 1 N–H and O–H groups in total. The average Bonchev–Trinajstić information content (AvgIpc) is 2.83. The van der Waals surface area contributed by atoms with Gasteiger partial charge in [-0.3, -0.25) is 9.59 Å². The molecule has 0 saturated heterocycles. The van der Waals surface area contributed by atoms with Crippen LogP contribution in [0.4, 0.5) is 0 Å². The maximum atomic E-state index is 13.3. The fourth-order valence-corrected chi connectivity index (χ4v) is 5.20. The summed E-state index contributed by atoms with van der Waals surface area (Å²) in [5, 5.41) is 3.24. The second-order valence-corrected chi connectivity index (χ2v) is 9.67. The van der Waals surface area contributed by atoms with Crippen LogP contribution in [0.1, 0.15) is 63.0 Å². The Morgan fingerprint density at radius 3 is 2.22 bits per heavy atom. The van der Waals surface area contributed by atoms with Gasteiger partial charge in [-0.05, 0) is 30.4 Å². The molecule has 0 aliphatic heterocycles. The number of nitrogens with one attached hydrogen (secondary N) is 1. The van der Waals surface area contributed by atoms with Crippen molar-refractivity contribution in [2.24, 2.45) is 0 Å². The summed E-state index contributed by atoms with van der Waals surface area (Å²) < 4.78 is 0. The third kappa shape index (κ3) is 7.70. The Balaban J connectivity index is 1.62. The number of carbonyl (C=O) groups is 2. The molecule has 2 amide bonds. The van der Waals surface area contributed by atoms with Gasteiger partial charge in [0.25, 0.3) is 0 Å². The van der Waals surface area contributed by atoms with E-state index in [0.29, 0.717) is 19.4 Å². The first kappa shape index (κ1) is 24.4. The second kappa shape index (κ2) is 13.3. The number of hydrogen-bond donors (Lipinski definition) is 1. The minimum Gasteiger partial charge on any atom is -0.352 e. The first-order valence-electron chi connectivity index (χ1n) is 11.9. The summed E-state index contributed by atoms with van der Waals surface area (Å²) in [6, 6.07) is 20.1. The summed E-state index contributed by atoms with van der Waals surface area (Å²) in [4.78, 5) is 28.3. The van der Waals surface area contributed by atoms with E-state index in [4.69, 9.17) is 0 Å². The Hall–Kier alpha value is -2.27. The Labute approximate surface area is 197 Å². The zero-order valence-corrected chi connectivity index (χ0v) is 20.0. The van der Waals surface area contributed by atoms with Gasteiger partial charge in [-0.1, -0.05) is 86.8 Å². The van der Waals surface area contributed by atoms with Crippen LogP contribution in [0.15, 0.2) is 60.7 Å². The van der Waals surface area contributed by atoms with Gasteiger partial charge in [-0.15, -0.1) is 0 Å². The van der Waals surface area contributed by atoms with Crippen LogP contribution in [0.5, 0.6) is 0 Å². The van der Waals surface area contributed by atoms with Crippen molar-refractivity contribution >= 4 is 23.6 Å². The monoisotopic (exact) mass is 452 g/mol. The molecule has 1 atom stereocenters. The Kier molecular flexibility index (Phi) is 10.1. The summed E-state index contributed by atoms with van der Waals surface area (Å²) in [5.41, 5.74) is 2.33. The third-order valence-corrected chi connectivity index (χ3v) is 7.14. The summed E-state index contributed by atoms with van der Waals surface area (Å²) in [5.74, 6) is 1.70. The predicted molar refractivity (Wildman–Crippen MR) is 133 cm³/mol. The number of rotatable bonds is 11. The van der Waals surface area contributed by atoms with E-state index in [1.54, 1.807) is 16.7 Å². The molecule has 1 fully saturated rings. The molecule has 1 saturated carbocycles. The van der Waals surface area contributed by atoms with Gasteiger partial charge in [0, 0.05) is 30.5 Å². The van der Waals surface area contributed by atoms with Crippen molar-refractivity contribution in [3.63, 3.8) is 0 Å². The molecular weight excluding hydrogens is 416 g/mol. The lowest BCUT2D eigenvalue weighted by Gasteiger charge is -2.33. The minimum atomic E-state index is -0.427. The van der Waals surface area contributed by atoms with Gasteiger partial charge in [-0.25, -0.2) is 0 Å². The van der Waals surface area contributed by atoms with Crippen molar-refractivity contribution in [3.8, 4) is 0 Å². The smallest absolute Gasteiger partial charge is 0.243 e. The lowest BCUT2D eigenvalue weighted by atomic mass is 9.95. The van der Waals surface area contributed by atoms with Crippen LogP contribution in [0, 0.1) is 0 Å². The van der Waals surface area contributed by atoms with E-state index < -0.39 is 6.04 Å². The van der Waals surface area contributed by atoms with Crippen molar-refractivity contribution in [3.05, 3.63) is 71.8 Å². The van der Waals surface area contributed by atoms with Crippen LogP contribution in [0.2, 0.25) is 0 Å². The standard InChI is InChI=1S/C27H36N2O2S/c1-2-25(27(31)28-24-16-10-5-11-17-24)29(20-22-12-6-3-7-13-22)26(30)18-19-32-21-23-14-8-4-9-15-23/h3-4,6-9,12-15,24-25H,2,5,10-11,16-21H2,1H3,(H,28,31)/t25-/m0/s1. The number of hydrogen-bond acceptors (Lipinski definition) is 3. The molecule has 3 rings (SSSR count). The number of thioether (sulfide) groups is 1. The Bertz CT molecular complexity index is 822. The highest BCUT2D eigenvalue weighted by Gasteiger charge is 2.30. The van der Waals surface area contributed by atoms with Gasteiger partial charge in [0.05, 0.1) is 0 Å². The number of nitrogens with zero attached hydrogens (tertiary/aromatic N) is 1. The topological polar surface area (TPSA) is 49.4 Å². The van der Waals surface area contributed by atoms with Gasteiger partial charge in [-0.2, -0.15) is 11.8 Å². The number of benzene rings is 2. The van der Waals surface area contributed by atoms with Crippen molar-refractivity contribution in [1.82, 2.24) is 10.2 Å². The van der Waals surface area contributed by atoms with Gasteiger partial charge < -0.3 is 10.2 Å². The molecule has 5 heteroatoms. The molecule has 0 radical (unpaired) electrons. The Morgan fingerprint density at radius 1 is 0.969 bits per heavy atom. The van der Waals surface area contributed by atoms with Gasteiger partial charge in [0.15, 0.2) is 0 Å². The zero-order valence-electron chi connectivity index (χ0n) is 19.2. The minimum absolute atomic E-state index is 0.000574. The molecule has 172 valence electrons. The van der Waals surface area contributed by atoms with E-state index in [1.807, 2.05) is 55.5 Å². The Morgan fingerprint density at radius 2 is 1.59 bits per heavy atom. The molecular formula is C27H36N2O2S. The van der Waals surface area contributed by atoms with E-state index in [1.165, 1.54) is 24.8 Å². The molecule has 2 aromatic carbocycles. The molecule has 2 aromatic rings. The van der Waals surface area contributed by atoms with E-state index in [-0.39, 0.29) is 17.9 Å². The zero-order chi connectivity index (χ0) is 22.6. The molecule has 32 heavy (non-hydrogen) atoms. The molecule has 0 heterocycles. The van der Waals surface area contributed by atoms with Gasteiger partial charge >= 0.3 is 0 Å². The van der Waals surface area contributed by atoms with Crippen LogP contribution in [-0.2, 0) is 21.9 Å². The molecule has 0 spiro atoms. The fourth-order valence-electron chi connectivity index (χ4n) is 4.31.